The quantitative estimate of drug-likeness (QED) is 0.560. The number of amides is 1. The van der Waals surface area contributed by atoms with E-state index in [1.54, 1.807) is 19.2 Å². The zero-order chi connectivity index (χ0) is 14.8. The lowest BCUT2D eigenvalue weighted by atomic mass is 10.2. The highest BCUT2D eigenvalue weighted by atomic mass is 35.5. The number of aryl methyl sites for hydroxylation is 1. The molecule has 0 unspecified atom stereocenters. The molecule has 1 N–H and O–H groups in total. The molecule has 0 aromatic carbocycles. The Labute approximate surface area is 124 Å². The van der Waals surface area contributed by atoms with Crippen LogP contribution in [0.1, 0.15) is 29.4 Å². The topological polar surface area (TPSA) is 60.5 Å². The van der Waals surface area contributed by atoms with Crippen LogP contribution in [0, 0.1) is 0 Å². The number of ether oxygens (including phenoxy) is 2. The van der Waals surface area contributed by atoms with Crippen LogP contribution >= 0.6 is 11.6 Å². The molecular formula is C14H21ClN2O3. The van der Waals surface area contributed by atoms with Gasteiger partial charge in [-0.3, -0.25) is 4.79 Å². The van der Waals surface area contributed by atoms with Crippen LogP contribution in [-0.4, -0.2) is 44.4 Å². The van der Waals surface area contributed by atoms with Crippen LogP contribution in [0.25, 0.3) is 0 Å². The molecule has 0 saturated heterocycles. The summed E-state index contributed by atoms with van der Waals surface area (Å²) in [4.78, 5) is 16.1. The Hall–Kier alpha value is -1.17. The summed E-state index contributed by atoms with van der Waals surface area (Å²) in [5.41, 5.74) is 1.35. The molecule has 0 fully saturated rings. The Balaban J connectivity index is 2.30. The molecular weight excluding hydrogens is 280 g/mol. The van der Waals surface area contributed by atoms with Crippen LogP contribution in [0.2, 0.25) is 5.15 Å². The summed E-state index contributed by atoms with van der Waals surface area (Å²) in [5, 5.41) is 3.18. The molecule has 0 atom stereocenters. The number of halogens is 1. The van der Waals surface area contributed by atoms with Crippen molar-refractivity contribution in [1.82, 2.24) is 10.3 Å². The van der Waals surface area contributed by atoms with E-state index in [4.69, 9.17) is 21.1 Å². The lowest BCUT2D eigenvalue weighted by Crippen LogP contribution is -2.25. The summed E-state index contributed by atoms with van der Waals surface area (Å²) < 4.78 is 10.2. The molecule has 0 aliphatic rings. The number of hydrogen-bond acceptors (Lipinski definition) is 4. The highest BCUT2D eigenvalue weighted by Gasteiger charge is 2.08. The first kappa shape index (κ1) is 16.9. The van der Waals surface area contributed by atoms with Crippen molar-refractivity contribution in [1.29, 1.82) is 0 Å². The summed E-state index contributed by atoms with van der Waals surface area (Å²) >= 11 is 5.88. The van der Waals surface area contributed by atoms with Crippen molar-refractivity contribution < 1.29 is 14.3 Å². The number of rotatable bonds is 9. The summed E-state index contributed by atoms with van der Waals surface area (Å²) in [6.07, 6.45) is 1.50. The van der Waals surface area contributed by atoms with Gasteiger partial charge in [0, 0.05) is 31.5 Å². The van der Waals surface area contributed by atoms with Crippen LogP contribution in [0.15, 0.2) is 12.1 Å². The number of methoxy groups -OCH3 is 1. The van der Waals surface area contributed by atoms with Gasteiger partial charge in [0.2, 0.25) is 0 Å². The van der Waals surface area contributed by atoms with Gasteiger partial charge in [0.05, 0.1) is 13.2 Å². The first-order chi connectivity index (χ1) is 9.67. The molecule has 1 amide bonds. The fourth-order valence-electron chi connectivity index (χ4n) is 1.59. The zero-order valence-corrected chi connectivity index (χ0v) is 12.7. The van der Waals surface area contributed by atoms with Crippen LogP contribution in [0.4, 0.5) is 0 Å². The van der Waals surface area contributed by atoms with Gasteiger partial charge in [-0.25, -0.2) is 4.98 Å². The highest BCUT2D eigenvalue weighted by molar-refractivity contribution is 6.29. The average Bonchev–Trinajstić information content (AvgIpc) is 2.45. The van der Waals surface area contributed by atoms with Crippen molar-refractivity contribution in [3.05, 3.63) is 28.5 Å². The van der Waals surface area contributed by atoms with E-state index in [9.17, 15) is 4.79 Å². The maximum atomic E-state index is 11.9. The maximum absolute atomic E-state index is 11.9. The normalized spacial score (nSPS) is 10.6. The largest absolute Gasteiger partial charge is 0.382 e. The van der Waals surface area contributed by atoms with E-state index < -0.39 is 0 Å². The third-order valence-corrected chi connectivity index (χ3v) is 2.85. The monoisotopic (exact) mass is 300 g/mol. The summed E-state index contributed by atoms with van der Waals surface area (Å²) in [5.74, 6) is -0.138. The standard InChI is InChI=1S/C14H21ClN2O3/c1-3-12-9-11(10-13(15)17-12)14(18)16-5-4-6-20-8-7-19-2/h9-10H,3-8H2,1-2H3,(H,16,18). The number of aromatic nitrogens is 1. The van der Waals surface area contributed by atoms with Crippen LogP contribution < -0.4 is 5.32 Å². The van der Waals surface area contributed by atoms with Gasteiger partial charge in [-0.05, 0) is 25.0 Å². The zero-order valence-electron chi connectivity index (χ0n) is 11.9. The fourth-order valence-corrected chi connectivity index (χ4v) is 1.81. The molecule has 5 nitrogen and oxygen atoms in total. The molecule has 1 aromatic rings. The highest BCUT2D eigenvalue weighted by Crippen LogP contribution is 2.11. The van der Waals surface area contributed by atoms with Crippen LogP contribution in [0.5, 0.6) is 0 Å². The second-order valence-corrected chi connectivity index (χ2v) is 4.63. The molecule has 0 aliphatic carbocycles. The Morgan fingerprint density at radius 1 is 1.35 bits per heavy atom. The lowest BCUT2D eigenvalue weighted by molar-refractivity contribution is 0.0688. The van der Waals surface area contributed by atoms with E-state index >= 15 is 0 Å². The third kappa shape index (κ3) is 6.32. The van der Waals surface area contributed by atoms with Crippen LogP contribution in [0.3, 0.4) is 0 Å². The number of carbonyl (C=O) groups is 1. The first-order valence-corrected chi connectivity index (χ1v) is 7.06. The summed E-state index contributed by atoms with van der Waals surface area (Å²) in [6.45, 7) is 4.29. The van der Waals surface area contributed by atoms with E-state index in [1.807, 2.05) is 6.92 Å². The van der Waals surface area contributed by atoms with Crippen molar-refractivity contribution in [3.8, 4) is 0 Å². The molecule has 0 radical (unpaired) electrons. The van der Waals surface area contributed by atoms with E-state index in [0.717, 1.165) is 18.5 Å². The van der Waals surface area contributed by atoms with Gasteiger partial charge < -0.3 is 14.8 Å². The van der Waals surface area contributed by atoms with E-state index in [2.05, 4.69) is 10.3 Å². The minimum absolute atomic E-state index is 0.138. The van der Waals surface area contributed by atoms with Gasteiger partial charge in [-0.15, -0.1) is 0 Å². The van der Waals surface area contributed by atoms with Crippen molar-refractivity contribution in [2.75, 3.05) is 33.5 Å². The fraction of sp³-hybridized carbons (Fsp3) is 0.571. The van der Waals surface area contributed by atoms with Gasteiger partial charge in [-0.2, -0.15) is 0 Å². The maximum Gasteiger partial charge on any atom is 0.251 e. The molecule has 0 saturated carbocycles. The van der Waals surface area contributed by atoms with Crippen molar-refractivity contribution in [3.63, 3.8) is 0 Å². The molecule has 0 bridgehead atoms. The predicted octanol–water partition coefficient (Wildman–Crippen LogP) is 2.08. The summed E-state index contributed by atoms with van der Waals surface area (Å²) in [6, 6.07) is 3.33. The number of carbonyl (C=O) groups excluding carboxylic acids is 1. The minimum atomic E-state index is -0.138. The number of hydrogen-bond donors (Lipinski definition) is 1. The van der Waals surface area contributed by atoms with Crippen molar-refractivity contribution in [2.45, 2.75) is 19.8 Å². The molecule has 0 aliphatic heterocycles. The Kier molecular flexibility index (Phi) is 8.18. The van der Waals surface area contributed by atoms with Gasteiger partial charge in [0.25, 0.3) is 5.91 Å². The summed E-state index contributed by atoms with van der Waals surface area (Å²) in [7, 11) is 1.63. The lowest BCUT2D eigenvalue weighted by Gasteiger charge is -2.07. The van der Waals surface area contributed by atoms with E-state index in [1.165, 1.54) is 0 Å². The van der Waals surface area contributed by atoms with E-state index in [-0.39, 0.29) is 5.91 Å². The number of nitrogens with zero attached hydrogens (tertiary/aromatic N) is 1. The molecule has 1 aromatic heterocycles. The second kappa shape index (κ2) is 9.69. The van der Waals surface area contributed by atoms with Crippen molar-refractivity contribution >= 4 is 17.5 Å². The van der Waals surface area contributed by atoms with Crippen LogP contribution in [-0.2, 0) is 15.9 Å². The molecule has 0 spiro atoms. The SMILES string of the molecule is CCc1cc(C(=O)NCCCOCCOC)cc(Cl)n1. The Morgan fingerprint density at radius 2 is 2.15 bits per heavy atom. The molecule has 1 rings (SSSR count). The predicted molar refractivity (Wildman–Crippen MR) is 78.3 cm³/mol. The molecule has 112 valence electrons. The van der Waals surface area contributed by atoms with Gasteiger partial charge in [-0.1, -0.05) is 18.5 Å². The average molecular weight is 301 g/mol. The van der Waals surface area contributed by atoms with Gasteiger partial charge in [0.15, 0.2) is 0 Å². The Morgan fingerprint density at radius 3 is 2.85 bits per heavy atom. The third-order valence-electron chi connectivity index (χ3n) is 2.65. The van der Waals surface area contributed by atoms with E-state index in [0.29, 0.717) is 37.1 Å². The molecule has 20 heavy (non-hydrogen) atoms. The second-order valence-electron chi connectivity index (χ2n) is 4.24. The molecule has 6 heteroatoms. The van der Waals surface area contributed by atoms with Gasteiger partial charge in [0.1, 0.15) is 5.15 Å². The van der Waals surface area contributed by atoms with Crippen molar-refractivity contribution in [2.24, 2.45) is 0 Å². The first-order valence-electron chi connectivity index (χ1n) is 6.68. The number of pyridine rings is 1. The van der Waals surface area contributed by atoms with Gasteiger partial charge >= 0.3 is 0 Å². The number of nitrogens with one attached hydrogen (secondary N) is 1. The molecule has 1 heterocycles. The smallest absolute Gasteiger partial charge is 0.251 e. The Bertz CT molecular complexity index is 427. The minimum Gasteiger partial charge on any atom is -0.382 e.